The highest BCUT2D eigenvalue weighted by Gasteiger charge is 2.13. The highest BCUT2D eigenvalue weighted by atomic mass is 79.9. The molecule has 84 valence electrons. The van der Waals surface area contributed by atoms with Crippen molar-refractivity contribution >= 4 is 27.5 Å². The van der Waals surface area contributed by atoms with Crippen molar-refractivity contribution < 1.29 is 0 Å². The van der Waals surface area contributed by atoms with Crippen LogP contribution in [0.4, 0.5) is 0 Å². The normalized spacial score (nSPS) is 12.7. The molecule has 1 unspecified atom stereocenters. The second-order valence-corrected chi connectivity index (χ2v) is 5.11. The molecule has 2 aromatic rings. The standard InChI is InChI=1S/C12H12BrClN2/c1-8-2-3-9(10(13)6-8)11(14)7-12-15-4-5-16-12/h2-6,11H,7H2,1H3,(H,15,16). The number of nitrogens with zero attached hydrogens (tertiary/aromatic N) is 1. The molecule has 0 aliphatic rings. The van der Waals surface area contributed by atoms with E-state index >= 15 is 0 Å². The summed E-state index contributed by atoms with van der Waals surface area (Å²) in [7, 11) is 0. The third-order valence-corrected chi connectivity index (χ3v) is 3.50. The number of H-pyrrole nitrogens is 1. The van der Waals surface area contributed by atoms with Crippen LogP contribution in [0.3, 0.4) is 0 Å². The summed E-state index contributed by atoms with van der Waals surface area (Å²) in [4.78, 5) is 7.23. The van der Waals surface area contributed by atoms with Crippen molar-refractivity contribution in [2.45, 2.75) is 18.7 Å². The highest BCUT2D eigenvalue weighted by Crippen LogP contribution is 2.30. The van der Waals surface area contributed by atoms with Crippen molar-refractivity contribution in [3.63, 3.8) is 0 Å². The first-order valence-electron chi connectivity index (χ1n) is 5.05. The number of aromatic amines is 1. The van der Waals surface area contributed by atoms with Gasteiger partial charge in [-0.1, -0.05) is 28.1 Å². The van der Waals surface area contributed by atoms with E-state index in [1.54, 1.807) is 6.20 Å². The van der Waals surface area contributed by atoms with Crippen molar-refractivity contribution in [3.05, 3.63) is 52.0 Å². The Labute approximate surface area is 108 Å². The smallest absolute Gasteiger partial charge is 0.107 e. The second-order valence-electron chi connectivity index (χ2n) is 3.73. The minimum absolute atomic E-state index is 0.0684. The third kappa shape index (κ3) is 2.66. The third-order valence-electron chi connectivity index (χ3n) is 2.42. The SMILES string of the molecule is Cc1ccc(C(Cl)Cc2ncc[nH]2)c(Br)c1. The van der Waals surface area contributed by atoms with E-state index in [1.165, 1.54) is 5.56 Å². The Balaban J connectivity index is 2.17. The number of hydrogen-bond donors (Lipinski definition) is 1. The van der Waals surface area contributed by atoms with Crippen molar-refractivity contribution in [2.24, 2.45) is 0 Å². The van der Waals surface area contributed by atoms with E-state index in [4.69, 9.17) is 11.6 Å². The molecule has 16 heavy (non-hydrogen) atoms. The molecule has 1 aromatic carbocycles. The summed E-state index contributed by atoms with van der Waals surface area (Å²) in [6.45, 7) is 2.06. The predicted molar refractivity (Wildman–Crippen MR) is 69.8 cm³/mol. The summed E-state index contributed by atoms with van der Waals surface area (Å²) in [5.74, 6) is 0.910. The van der Waals surface area contributed by atoms with Crippen LogP contribution in [0.15, 0.2) is 35.1 Å². The number of imidazole rings is 1. The first-order valence-corrected chi connectivity index (χ1v) is 6.28. The van der Waals surface area contributed by atoms with Gasteiger partial charge in [0.15, 0.2) is 0 Å². The van der Waals surface area contributed by atoms with Crippen molar-refractivity contribution in [1.82, 2.24) is 9.97 Å². The average Bonchev–Trinajstić information content (AvgIpc) is 2.70. The average molecular weight is 300 g/mol. The van der Waals surface area contributed by atoms with Gasteiger partial charge >= 0.3 is 0 Å². The molecule has 4 heteroatoms. The lowest BCUT2D eigenvalue weighted by Crippen LogP contribution is -1.99. The Hall–Kier alpha value is -0.800. The lowest BCUT2D eigenvalue weighted by molar-refractivity contribution is 0.851. The number of halogens is 2. The molecule has 0 saturated carbocycles. The lowest BCUT2D eigenvalue weighted by atomic mass is 10.1. The van der Waals surface area contributed by atoms with Crippen LogP contribution in [0.1, 0.15) is 22.3 Å². The van der Waals surface area contributed by atoms with Gasteiger partial charge in [-0.15, -0.1) is 11.6 Å². The topological polar surface area (TPSA) is 28.7 Å². The molecular formula is C12H12BrClN2. The fourth-order valence-electron chi connectivity index (χ4n) is 1.58. The summed E-state index contributed by atoms with van der Waals surface area (Å²) in [5, 5.41) is -0.0684. The van der Waals surface area contributed by atoms with Gasteiger partial charge in [-0.2, -0.15) is 0 Å². The van der Waals surface area contributed by atoms with Crippen LogP contribution in [0.25, 0.3) is 0 Å². The number of hydrogen-bond acceptors (Lipinski definition) is 1. The minimum Gasteiger partial charge on any atom is -0.349 e. The van der Waals surface area contributed by atoms with E-state index < -0.39 is 0 Å². The van der Waals surface area contributed by atoms with Gasteiger partial charge in [-0.05, 0) is 24.1 Å². The summed E-state index contributed by atoms with van der Waals surface area (Å²) in [5.41, 5.74) is 2.32. The van der Waals surface area contributed by atoms with Gasteiger partial charge in [0.1, 0.15) is 5.82 Å². The maximum Gasteiger partial charge on any atom is 0.107 e. The van der Waals surface area contributed by atoms with E-state index in [2.05, 4.69) is 51.0 Å². The zero-order valence-electron chi connectivity index (χ0n) is 8.87. The first-order chi connectivity index (χ1) is 7.66. The summed E-state index contributed by atoms with van der Waals surface area (Å²) in [6.07, 6.45) is 4.25. The predicted octanol–water partition coefficient (Wildman–Crippen LogP) is 4.00. The quantitative estimate of drug-likeness (QED) is 0.853. The molecule has 0 saturated heterocycles. The maximum atomic E-state index is 6.37. The first kappa shape index (κ1) is 11.7. The molecule has 0 fully saturated rings. The molecule has 2 nitrogen and oxygen atoms in total. The Morgan fingerprint density at radius 3 is 2.94 bits per heavy atom. The molecule has 0 aliphatic carbocycles. The molecule has 0 radical (unpaired) electrons. The molecule has 0 amide bonds. The number of aryl methyl sites for hydroxylation is 1. The van der Waals surface area contributed by atoms with E-state index in [0.29, 0.717) is 6.42 Å². The molecule has 1 N–H and O–H groups in total. The van der Waals surface area contributed by atoms with Crippen LogP contribution >= 0.6 is 27.5 Å². The van der Waals surface area contributed by atoms with Crippen molar-refractivity contribution in [3.8, 4) is 0 Å². The number of rotatable bonds is 3. The van der Waals surface area contributed by atoms with Crippen molar-refractivity contribution in [2.75, 3.05) is 0 Å². The van der Waals surface area contributed by atoms with E-state index in [-0.39, 0.29) is 5.38 Å². The van der Waals surface area contributed by atoms with Gasteiger partial charge in [-0.25, -0.2) is 4.98 Å². The van der Waals surface area contributed by atoms with Crippen molar-refractivity contribution in [1.29, 1.82) is 0 Å². The Morgan fingerprint density at radius 1 is 1.50 bits per heavy atom. The fraction of sp³-hybridized carbons (Fsp3) is 0.250. The van der Waals surface area contributed by atoms with Gasteiger partial charge < -0.3 is 4.98 Å². The Morgan fingerprint density at radius 2 is 2.31 bits per heavy atom. The van der Waals surface area contributed by atoms with E-state index in [1.807, 2.05) is 6.20 Å². The molecule has 0 bridgehead atoms. The van der Waals surface area contributed by atoms with Gasteiger partial charge in [0.25, 0.3) is 0 Å². The molecule has 0 spiro atoms. The number of nitrogens with one attached hydrogen (secondary N) is 1. The molecule has 1 aromatic heterocycles. The molecule has 0 aliphatic heterocycles. The summed E-state index contributed by atoms with van der Waals surface area (Å²) >= 11 is 9.90. The van der Waals surface area contributed by atoms with Crippen LogP contribution in [0, 0.1) is 6.92 Å². The van der Waals surface area contributed by atoms with Gasteiger partial charge in [0, 0.05) is 23.3 Å². The number of alkyl halides is 1. The lowest BCUT2D eigenvalue weighted by Gasteiger charge is -2.11. The molecule has 1 atom stereocenters. The van der Waals surface area contributed by atoms with E-state index in [9.17, 15) is 0 Å². The zero-order chi connectivity index (χ0) is 11.5. The largest absolute Gasteiger partial charge is 0.349 e. The van der Waals surface area contributed by atoms with Gasteiger partial charge in [0.2, 0.25) is 0 Å². The van der Waals surface area contributed by atoms with Gasteiger partial charge in [-0.3, -0.25) is 0 Å². The Bertz CT molecular complexity index is 468. The fourth-order valence-corrected chi connectivity index (χ4v) is 2.81. The second kappa shape index (κ2) is 5.02. The zero-order valence-corrected chi connectivity index (χ0v) is 11.2. The van der Waals surface area contributed by atoms with Crippen LogP contribution < -0.4 is 0 Å². The monoisotopic (exact) mass is 298 g/mol. The maximum absolute atomic E-state index is 6.37. The van der Waals surface area contributed by atoms with Crippen LogP contribution in [-0.2, 0) is 6.42 Å². The van der Waals surface area contributed by atoms with Crippen LogP contribution in [-0.4, -0.2) is 9.97 Å². The Kier molecular flexibility index (Phi) is 3.66. The van der Waals surface area contributed by atoms with Gasteiger partial charge in [0.05, 0.1) is 5.38 Å². The minimum atomic E-state index is -0.0684. The number of aromatic nitrogens is 2. The van der Waals surface area contributed by atoms with E-state index in [0.717, 1.165) is 15.9 Å². The summed E-state index contributed by atoms with van der Waals surface area (Å²) in [6, 6.07) is 6.20. The molecule has 1 heterocycles. The summed E-state index contributed by atoms with van der Waals surface area (Å²) < 4.78 is 1.05. The molecular weight excluding hydrogens is 288 g/mol. The van der Waals surface area contributed by atoms with Crippen LogP contribution in [0.5, 0.6) is 0 Å². The molecule has 2 rings (SSSR count). The number of benzene rings is 1. The highest BCUT2D eigenvalue weighted by molar-refractivity contribution is 9.10. The van der Waals surface area contributed by atoms with Crippen LogP contribution in [0.2, 0.25) is 0 Å².